The van der Waals surface area contributed by atoms with Gasteiger partial charge in [0.05, 0.1) is 0 Å². The number of rotatable bonds is 11. The highest BCUT2D eigenvalue weighted by molar-refractivity contribution is 8.10. The summed E-state index contributed by atoms with van der Waals surface area (Å²) in [7, 11) is -0.0589. The van der Waals surface area contributed by atoms with E-state index in [9.17, 15) is 0 Å². The molecule has 0 aromatic rings. The lowest BCUT2D eigenvalue weighted by molar-refractivity contribution is 0.113. The maximum absolute atomic E-state index is 4.61. The summed E-state index contributed by atoms with van der Waals surface area (Å²) in [4.78, 5) is 2.58. The first-order chi connectivity index (χ1) is 14.2. The molecule has 2 rings (SSSR count). The van der Waals surface area contributed by atoms with Crippen LogP contribution in [0.3, 0.4) is 0 Å². The van der Waals surface area contributed by atoms with Crippen LogP contribution in [0, 0.1) is 11.3 Å². The first kappa shape index (κ1) is 25.5. The molecule has 0 aromatic carbocycles. The summed E-state index contributed by atoms with van der Waals surface area (Å²) < 4.78 is 6.11. The highest BCUT2D eigenvalue weighted by Gasteiger charge is 2.39. The molecule has 1 saturated carbocycles. The van der Waals surface area contributed by atoms with E-state index in [0.717, 1.165) is 50.8 Å². The van der Waals surface area contributed by atoms with Gasteiger partial charge in [0.2, 0.25) is 0 Å². The SMILES string of the molecule is C=C(C)NC1(CC)CCN(C(=C)C2(C)CCC(CNS(=C)N(CC)CC)CC2)CC1. The molecule has 2 fully saturated rings. The Labute approximate surface area is 189 Å². The predicted molar refractivity (Wildman–Crippen MR) is 137 cm³/mol. The van der Waals surface area contributed by atoms with Crippen LogP contribution in [0.1, 0.15) is 79.6 Å². The highest BCUT2D eigenvalue weighted by Crippen LogP contribution is 2.45. The van der Waals surface area contributed by atoms with Crippen molar-refractivity contribution >= 4 is 16.7 Å². The van der Waals surface area contributed by atoms with Gasteiger partial charge in [0, 0.05) is 55.1 Å². The molecule has 1 aliphatic carbocycles. The zero-order valence-electron chi connectivity index (χ0n) is 20.5. The third-order valence-corrected chi connectivity index (χ3v) is 9.36. The largest absolute Gasteiger partial charge is 0.383 e. The quantitative estimate of drug-likeness (QED) is 0.417. The maximum atomic E-state index is 4.61. The second kappa shape index (κ2) is 11.2. The molecule has 1 unspecified atom stereocenters. The smallest absolute Gasteiger partial charge is 0.0401 e. The van der Waals surface area contributed by atoms with Crippen molar-refractivity contribution in [2.75, 3.05) is 32.7 Å². The number of allylic oxidation sites excluding steroid dienone is 2. The van der Waals surface area contributed by atoms with Crippen LogP contribution in [-0.4, -0.2) is 53.3 Å². The molecular formula is C25H48N4S. The number of nitrogens with one attached hydrogen (secondary N) is 2. The van der Waals surface area contributed by atoms with Gasteiger partial charge in [-0.25, -0.2) is 4.31 Å². The Morgan fingerprint density at radius 3 is 2.10 bits per heavy atom. The summed E-state index contributed by atoms with van der Waals surface area (Å²) in [6, 6.07) is 0. The van der Waals surface area contributed by atoms with Crippen LogP contribution >= 0.6 is 10.9 Å². The second-order valence-corrected chi connectivity index (χ2v) is 11.3. The van der Waals surface area contributed by atoms with Gasteiger partial charge in [-0.05, 0) is 63.7 Å². The third kappa shape index (κ3) is 6.37. The van der Waals surface area contributed by atoms with Gasteiger partial charge in [-0.2, -0.15) is 0 Å². The van der Waals surface area contributed by atoms with Crippen LogP contribution < -0.4 is 10.0 Å². The van der Waals surface area contributed by atoms with Gasteiger partial charge >= 0.3 is 0 Å². The Hall–Kier alpha value is -0.780. The molecule has 1 aliphatic heterocycles. The summed E-state index contributed by atoms with van der Waals surface area (Å²) in [6.45, 7) is 25.4. The molecule has 174 valence electrons. The zero-order valence-corrected chi connectivity index (χ0v) is 21.3. The molecule has 1 atom stereocenters. The lowest BCUT2D eigenvalue weighted by atomic mass is 9.69. The van der Waals surface area contributed by atoms with E-state index in [1.807, 2.05) is 0 Å². The molecule has 0 aromatic heterocycles. The van der Waals surface area contributed by atoms with E-state index in [0.29, 0.717) is 0 Å². The summed E-state index contributed by atoms with van der Waals surface area (Å²) >= 11 is 0. The fourth-order valence-electron chi connectivity index (χ4n) is 5.25. The molecule has 30 heavy (non-hydrogen) atoms. The lowest BCUT2D eigenvalue weighted by Gasteiger charge is -2.49. The van der Waals surface area contributed by atoms with E-state index in [2.05, 4.69) is 72.9 Å². The molecule has 0 spiro atoms. The summed E-state index contributed by atoms with van der Waals surface area (Å²) in [5.41, 5.74) is 2.96. The Bertz CT molecular complexity index is 594. The maximum Gasteiger partial charge on any atom is 0.0401 e. The van der Waals surface area contributed by atoms with Crippen molar-refractivity contribution in [3.05, 3.63) is 24.6 Å². The van der Waals surface area contributed by atoms with Crippen LogP contribution in [0.5, 0.6) is 0 Å². The van der Waals surface area contributed by atoms with Crippen molar-refractivity contribution in [1.82, 2.24) is 19.2 Å². The zero-order chi connectivity index (χ0) is 22.4. The van der Waals surface area contributed by atoms with E-state index >= 15 is 0 Å². The minimum Gasteiger partial charge on any atom is -0.383 e. The molecule has 2 N–H and O–H groups in total. The lowest BCUT2D eigenvalue weighted by Crippen LogP contribution is -2.53. The van der Waals surface area contributed by atoms with E-state index in [1.54, 1.807) is 0 Å². The number of piperidine rings is 1. The fourth-order valence-corrected chi connectivity index (χ4v) is 6.49. The first-order valence-corrected chi connectivity index (χ1v) is 13.4. The topological polar surface area (TPSA) is 30.5 Å². The summed E-state index contributed by atoms with van der Waals surface area (Å²) in [5.74, 6) is 5.10. The monoisotopic (exact) mass is 436 g/mol. The van der Waals surface area contributed by atoms with Gasteiger partial charge in [0.1, 0.15) is 0 Å². The Morgan fingerprint density at radius 2 is 1.63 bits per heavy atom. The molecule has 0 amide bonds. The number of hydrogen-bond acceptors (Lipinski definition) is 4. The van der Waals surface area contributed by atoms with E-state index in [1.165, 1.54) is 44.2 Å². The predicted octanol–water partition coefficient (Wildman–Crippen LogP) is 5.53. The minimum absolute atomic E-state index is 0.0589. The van der Waals surface area contributed by atoms with Gasteiger partial charge in [-0.1, -0.05) is 51.7 Å². The molecule has 0 radical (unpaired) electrons. The molecule has 4 nitrogen and oxygen atoms in total. The van der Waals surface area contributed by atoms with E-state index < -0.39 is 0 Å². The molecular weight excluding hydrogens is 388 g/mol. The Kier molecular flexibility index (Phi) is 9.51. The number of nitrogens with zero attached hydrogens (tertiary/aromatic N) is 2. The van der Waals surface area contributed by atoms with Crippen molar-refractivity contribution < 1.29 is 0 Å². The van der Waals surface area contributed by atoms with E-state index in [-0.39, 0.29) is 21.8 Å². The van der Waals surface area contributed by atoms with Crippen LogP contribution in [0.15, 0.2) is 24.6 Å². The van der Waals surface area contributed by atoms with Crippen molar-refractivity contribution in [2.24, 2.45) is 11.3 Å². The highest BCUT2D eigenvalue weighted by atomic mass is 32.2. The molecule has 1 heterocycles. The minimum atomic E-state index is -0.0589. The first-order valence-electron chi connectivity index (χ1n) is 12.1. The van der Waals surface area contributed by atoms with Crippen molar-refractivity contribution in [1.29, 1.82) is 0 Å². The standard InChI is InChI=1S/C25H48N4S/c1-9-25(27-21(4)5)16-18-28(19-17-25)22(6)24(7)14-12-23(13-15-24)20-26-30(8)29(10-2)11-3/h23,26-27H,4,6,8-20H2,1-3,5,7H3. The van der Waals surface area contributed by atoms with Gasteiger partial charge in [-0.3, -0.25) is 4.72 Å². The number of hydrogen-bond donors (Lipinski definition) is 2. The average Bonchev–Trinajstić information content (AvgIpc) is 2.74. The van der Waals surface area contributed by atoms with Gasteiger partial charge in [0.25, 0.3) is 0 Å². The molecule has 2 aliphatic rings. The Morgan fingerprint density at radius 1 is 1.07 bits per heavy atom. The fraction of sp³-hybridized carbons (Fsp3) is 0.800. The van der Waals surface area contributed by atoms with Crippen molar-refractivity contribution in [3.8, 4) is 0 Å². The molecule has 5 heteroatoms. The molecule has 0 bridgehead atoms. The summed E-state index contributed by atoms with van der Waals surface area (Å²) in [6.07, 6.45) is 8.61. The summed E-state index contributed by atoms with van der Waals surface area (Å²) in [5, 5.41) is 3.67. The van der Waals surface area contributed by atoms with Crippen LogP contribution in [0.25, 0.3) is 0 Å². The van der Waals surface area contributed by atoms with Crippen LogP contribution in [0.2, 0.25) is 0 Å². The third-order valence-electron chi connectivity index (χ3n) is 7.72. The average molecular weight is 437 g/mol. The Balaban J connectivity index is 1.83. The molecule has 1 saturated heterocycles. The second-order valence-electron chi connectivity index (χ2n) is 9.80. The van der Waals surface area contributed by atoms with Crippen molar-refractivity contribution in [3.63, 3.8) is 0 Å². The van der Waals surface area contributed by atoms with Crippen LogP contribution in [0.4, 0.5) is 0 Å². The van der Waals surface area contributed by atoms with Crippen LogP contribution in [-0.2, 0) is 0 Å². The van der Waals surface area contributed by atoms with E-state index in [4.69, 9.17) is 0 Å². The number of likely N-dealkylation sites (tertiary alicyclic amines) is 1. The van der Waals surface area contributed by atoms with Gasteiger partial charge < -0.3 is 10.2 Å². The normalized spacial score (nSPS) is 27.7. The van der Waals surface area contributed by atoms with Gasteiger partial charge in [-0.15, -0.1) is 0 Å². The van der Waals surface area contributed by atoms with Gasteiger partial charge in [0.15, 0.2) is 0 Å². The van der Waals surface area contributed by atoms with Crippen molar-refractivity contribution in [2.45, 2.75) is 85.1 Å².